The number of aromatic carboxylic acids is 1. The van der Waals surface area contributed by atoms with Gasteiger partial charge < -0.3 is 15.7 Å². The number of imide groups is 1. The number of carbonyl (C=O) groups is 3. The van der Waals surface area contributed by atoms with E-state index in [0.29, 0.717) is 40.6 Å². The summed E-state index contributed by atoms with van der Waals surface area (Å²) in [5.74, 6) is -5.38. The molecule has 0 saturated carbocycles. The van der Waals surface area contributed by atoms with Gasteiger partial charge in [-0.3, -0.25) is 19.5 Å². The van der Waals surface area contributed by atoms with Crippen LogP contribution >= 0.6 is 11.6 Å². The third-order valence-corrected chi connectivity index (χ3v) is 7.57. The van der Waals surface area contributed by atoms with Crippen molar-refractivity contribution in [2.75, 3.05) is 18.8 Å². The quantitative estimate of drug-likeness (QED) is 0.201. The van der Waals surface area contributed by atoms with E-state index in [4.69, 9.17) is 22.2 Å². The van der Waals surface area contributed by atoms with Crippen molar-refractivity contribution >= 4 is 40.9 Å². The van der Waals surface area contributed by atoms with Gasteiger partial charge in [-0.25, -0.2) is 19.1 Å². The third-order valence-electron chi connectivity index (χ3n) is 7.34. The van der Waals surface area contributed by atoms with Crippen molar-refractivity contribution in [2.24, 2.45) is 10.9 Å². The summed E-state index contributed by atoms with van der Waals surface area (Å²) in [6, 6.07) is 13.8. The lowest BCUT2D eigenvalue weighted by Gasteiger charge is -2.26. The molecule has 2 atom stereocenters. The van der Waals surface area contributed by atoms with E-state index in [1.54, 1.807) is 24.3 Å². The molecule has 10 nitrogen and oxygen atoms in total. The number of hydrogen-bond acceptors (Lipinski definition) is 8. The van der Waals surface area contributed by atoms with Crippen LogP contribution in [-0.2, 0) is 16.0 Å². The number of aliphatic imine (C=N–C) groups is 1. The van der Waals surface area contributed by atoms with Gasteiger partial charge in [-0.15, -0.1) is 0 Å². The van der Waals surface area contributed by atoms with E-state index < -0.39 is 35.3 Å². The number of nitriles is 1. The van der Waals surface area contributed by atoms with Crippen molar-refractivity contribution in [3.05, 3.63) is 93.5 Å². The SMILES string of the molecule is CCC[C@@H](CC(=O)N1CC(NOc2cc(F)cc(F)c2)=NCC(Cc2cc(Cl)ccc2C#N)C1=O)c1ccc(C(=O)O)c(N)c1. The lowest BCUT2D eigenvalue weighted by atomic mass is 9.89. The van der Waals surface area contributed by atoms with Gasteiger partial charge in [0.25, 0.3) is 0 Å². The first-order chi connectivity index (χ1) is 21.5. The maximum Gasteiger partial charge on any atom is 0.337 e. The number of hydrogen-bond donors (Lipinski definition) is 3. The topological polar surface area (TPSA) is 158 Å². The molecule has 0 fully saturated rings. The lowest BCUT2D eigenvalue weighted by molar-refractivity contribution is -0.146. The summed E-state index contributed by atoms with van der Waals surface area (Å²) in [4.78, 5) is 50.0. The van der Waals surface area contributed by atoms with Crippen molar-refractivity contribution in [1.82, 2.24) is 10.4 Å². The maximum absolute atomic E-state index is 13.9. The number of carboxylic acid groups (broad SMARTS) is 1. The molecule has 1 aliphatic rings. The van der Waals surface area contributed by atoms with Crippen LogP contribution < -0.4 is 16.1 Å². The molecule has 45 heavy (non-hydrogen) atoms. The molecule has 0 aromatic heterocycles. The summed E-state index contributed by atoms with van der Waals surface area (Å²) in [7, 11) is 0. The van der Waals surface area contributed by atoms with Crippen LogP contribution in [0.25, 0.3) is 0 Å². The van der Waals surface area contributed by atoms with E-state index in [1.807, 2.05) is 6.92 Å². The summed E-state index contributed by atoms with van der Waals surface area (Å²) in [6.07, 6.45) is 1.18. The fraction of sp³-hybridized carbons (Fsp3) is 0.281. The van der Waals surface area contributed by atoms with Gasteiger partial charge in [-0.1, -0.05) is 31.0 Å². The van der Waals surface area contributed by atoms with Crippen LogP contribution in [0.1, 0.15) is 59.2 Å². The Labute approximate surface area is 263 Å². The predicted molar refractivity (Wildman–Crippen MR) is 163 cm³/mol. The number of halogens is 3. The van der Waals surface area contributed by atoms with Crippen LogP contribution in [0.2, 0.25) is 5.02 Å². The molecule has 4 N–H and O–H groups in total. The Morgan fingerprint density at radius 2 is 1.93 bits per heavy atom. The number of benzene rings is 3. The van der Waals surface area contributed by atoms with Crippen LogP contribution in [0, 0.1) is 28.9 Å². The fourth-order valence-corrected chi connectivity index (χ4v) is 5.32. The Bertz CT molecular complexity index is 1670. The number of carboxylic acids is 1. The molecule has 1 unspecified atom stereocenters. The van der Waals surface area contributed by atoms with Crippen LogP contribution in [-0.4, -0.2) is 46.7 Å². The number of nitrogens with two attached hydrogens (primary N) is 1. The predicted octanol–water partition coefficient (Wildman–Crippen LogP) is 5.25. The first kappa shape index (κ1) is 32.9. The second-order valence-electron chi connectivity index (χ2n) is 10.6. The molecule has 4 rings (SSSR count). The van der Waals surface area contributed by atoms with Gasteiger partial charge in [0.15, 0.2) is 11.6 Å². The largest absolute Gasteiger partial charge is 0.478 e. The second-order valence-corrected chi connectivity index (χ2v) is 11.0. The van der Waals surface area contributed by atoms with Crippen molar-refractivity contribution in [3.8, 4) is 11.8 Å². The van der Waals surface area contributed by atoms with E-state index in [9.17, 15) is 33.5 Å². The third kappa shape index (κ3) is 8.33. The molecule has 0 bridgehead atoms. The van der Waals surface area contributed by atoms with E-state index >= 15 is 0 Å². The number of carbonyl (C=O) groups excluding carboxylic acids is 2. The van der Waals surface area contributed by atoms with E-state index in [1.165, 1.54) is 12.1 Å². The zero-order valence-electron chi connectivity index (χ0n) is 24.2. The molecular formula is C32H30ClF2N5O5. The molecule has 13 heteroatoms. The summed E-state index contributed by atoms with van der Waals surface area (Å²) in [5, 5.41) is 19.3. The zero-order chi connectivity index (χ0) is 32.7. The number of amidine groups is 1. The normalized spacial score (nSPS) is 15.4. The molecular weight excluding hydrogens is 608 g/mol. The standard InChI is InChI=1S/C32H30ClF2N5O5/c1-2-3-18(19-5-7-27(32(43)44)28(37)10-19)11-30(41)40-17-29(39-45-26-13-24(34)12-25(35)14-26)38-16-22(31(40)42)8-21-9-23(33)6-4-20(21)15-36/h4-7,9-10,12-14,18,22H,2-3,8,11,16-17,37H2,1H3,(H,38,39)(H,43,44)/t18-,22?/m0/s1. The average Bonchev–Trinajstić information content (AvgIpc) is 3.13. The summed E-state index contributed by atoms with van der Waals surface area (Å²) < 4.78 is 27.4. The van der Waals surface area contributed by atoms with Gasteiger partial charge in [0.05, 0.1) is 36.2 Å². The second kappa shape index (κ2) is 14.6. The summed E-state index contributed by atoms with van der Waals surface area (Å²) in [5.41, 5.74) is 9.95. The number of nitrogens with zero attached hydrogens (tertiary/aromatic N) is 3. The van der Waals surface area contributed by atoms with Crippen LogP contribution in [0.3, 0.4) is 0 Å². The number of amides is 2. The molecule has 2 amide bonds. The van der Waals surface area contributed by atoms with Gasteiger partial charge in [-0.2, -0.15) is 5.26 Å². The minimum atomic E-state index is -1.18. The van der Waals surface area contributed by atoms with Crippen LogP contribution in [0.5, 0.6) is 5.75 Å². The molecule has 234 valence electrons. The zero-order valence-corrected chi connectivity index (χ0v) is 25.0. The highest BCUT2D eigenvalue weighted by Crippen LogP contribution is 2.30. The number of nitrogens with one attached hydrogen (secondary N) is 1. The molecule has 0 aliphatic carbocycles. The van der Waals surface area contributed by atoms with E-state index in [2.05, 4.69) is 16.5 Å². The first-order valence-electron chi connectivity index (χ1n) is 14.1. The molecule has 3 aromatic rings. The van der Waals surface area contributed by atoms with Gasteiger partial charge >= 0.3 is 5.97 Å². The fourth-order valence-electron chi connectivity index (χ4n) is 5.12. The molecule has 0 radical (unpaired) electrons. The molecule has 3 aromatic carbocycles. The highest BCUT2D eigenvalue weighted by molar-refractivity contribution is 6.30. The lowest BCUT2D eigenvalue weighted by Crippen LogP contribution is -2.46. The Morgan fingerprint density at radius 3 is 2.58 bits per heavy atom. The van der Waals surface area contributed by atoms with Crippen molar-refractivity contribution < 1.29 is 33.1 Å². The minimum Gasteiger partial charge on any atom is -0.478 e. The van der Waals surface area contributed by atoms with Crippen LogP contribution in [0.15, 0.2) is 59.6 Å². The minimum absolute atomic E-state index is 0.0533. The first-order valence-corrected chi connectivity index (χ1v) is 14.4. The Kier molecular flexibility index (Phi) is 10.7. The maximum atomic E-state index is 13.9. The van der Waals surface area contributed by atoms with Crippen molar-refractivity contribution in [2.45, 2.75) is 38.5 Å². The van der Waals surface area contributed by atoms with Gasteiger partial charge in [0, 0.05) is 35.3 Å². The Balaban J connectivity index is 1.63. The van der Waals surface area contributed by atoms with E-state index in [0.717, 1.165) is 17.0 Å². The number of rotatable bonds is 10. The highest BCUT2D eigenvalue weighted by Gasteiger charge is 2.34. The van der Waals surface area contributed by atoms with E-state index in [-0.39, 0.29) is 54.7 Å². The Morgan fingerprint density at radius 1 is 1.20 bits per heavy atom. The number of hydroxylamine groups is 1. The van der Waals surface area contributed by atoms with Crippen molar-refractivity contribution in [1.29, 1.82) is 5.26 Å². The molecule has 0 saturated heterocycles. The molecule has 0 spiro atoms. The van der Waals surface area contributed by atoms with Crippen molar-refractivity contribution in [3.63, 3.8) is 0 Å². The molecule has 1 heterocycles. The average molecular weight is 638 g/mol. The summed E-state index contributed by atoms with van der Waals surface area (Å²) >= 11 is 6.16. The highest BCUT2D eigenvalue weighted by atomic mass is 35.5. The van der Waals surface area contributed by atoms with Gasteiger partial charge in [0.1, 0.15) is 11.6 Å². The number of anilines is 1. The summed E-state index contributed by atoms with van der Waals surface area (Å²) in [6.45, 7) is 1.51. The van der Waals surface area contributed by atoms with Gasteiger partial charge in [-0.05, 0) is 60.2 Å². The molecule has 1 aliphatic heterocycles. The van der Waals surface area contributed by atoms with Crippen LogP contribution in [0.4, 0.5) is 14.5 Å². The Hall–Kier alpha value is -5.02. The monoisotopic (exact) mass is 637 g/mol. The smallest absolute Gasteiger partial charge is 0.337 e. The number of nitrogen functional groups attached to an aromatic ring is 1. The van der Waals surface area contributed by atoms with Gasteiger partial charge in [0.2, 0.25) is 11.8 Å².